The molecule has 110 valence electrons. The minimum absolute atomic E-state index is 0.410. The van der Waals surface area contributed by atoms with E-state index >= 15 is 0 Å². The Labute approximate surface area is 121 Å². The van der Waals surface area contributed by atoms with Gasteiger partial charge in [0.05, 0.1) is 18.3 Å². The highest BCUT2D eigenvalue weighted by molar-refractivity contribution is 5.79. The summed E-state index contributed by atoms with van der Waals surface area (Å²) in [6.07, 6.45) is 8.05. The lowest BCUT2D eigenvalue weighted by Crippen LogP contribution is -2.45. The van der Waals surface area contributed by atoms with E-state index in [4.69, 9.17) is 10.8 Å². The first-order valence-electron chi connectivity index (χ1n) is 7.52. The molecular weight excluding hydrogens is 250 g/mol. The van der Waals surface area contributed by atoms with Gasteiger partial charge in [-0.25, -0.2) is 10.8 Å². The van der Waals surface area contributed by atoms with Gasteiger partial charge in [-0.2, -0.15) is 0 Å². The monoisotopic (exact) mass is 275 g/mol. The molecule has 1 aromatic heterocycles. The van der Waals surface area contributed by atoms with Gasteiger partial charge in [0.15, 0.2) is 0 Å². The van der Waals surface area contributed by atoms with Gasteiger partial charge in [-0.3, -0.25) is 10.4 Å². The maximum atomic E-state index is 5.68. The van der Waals surface area contributed by atoms with Gasteiger partial charge in [-0.1, -0.05) is 25.3 Å². The third-order valence-corrected chi connectivity index (χ3v) is 3.77. The summed E-state index contributed by atoms with van der Waals surface area (Å²) in [5, 5.41) is 0. The number of hydrogen-bond donors (Lipinski definition) is 2. The average molecular weight is 275 g/mol. The topological polar surface area (TPSA) is 66.5 Å². The molecule has 1 aliphatic rings. The largest absolute Gasteiger partial charge is 0.336 e. The number of hydrogen-bond acceptors (Lipinski definition) is 3. The van der Waals surface area contributed by atoms with Crippen molar-refractivity contribution < 1.29 is 0 Å². The van der Waals surface area contributed by atoms with Crippen molar-refractivity contribution in [2.75, 3.05) is 6.54 Å². The van der Waals surface area contributed by atoms with Crippen LogP contribution in [0, 0.1) is 0 Å². The molecule has 1 aromatic rings. The van der Waals surface area contributed by atoms with Crippen LogP contribution in [-0.2, 0) is 6.54 Å². The Morgan fingerprint density at radius 2 is 2.20 bits per heavy atom. The summed E-state index contributed by atoms with van der Waals surface area (Å²) >= 11 is 0. The molecule has 0 aliphatic heterocycles. The van der Waals surface area contributed by atoms with E-state index in [0.717, 1.165) is 24.7 Å². The Hall–Kier alpha value is -1.62. The van der Waals surface area contributed by atoms with Crippen LogP contribution in [0.3, 0.4) is 0 Å². The van der Waals surface area contributed by atoms with Crippen LogP contribution in [0.4, 0.5) is 0 Å². The van der Waals surface area contributed by atoms with Crippen molar-refractivity contribution >= 4 is 5.96 Å². The number of nitrogens with two attached hydrogens (primary N) is 1. The zero-order valence-electron chi connectivity index (χ0n) is 12.3. The zero-order valence-corrected chi connectivity index (χ0v) is 12.3. The van der Waals surface area contributed by atoms with Crippen molar-refractivity contribution in [1.82, 2.24) is 15.3 Å². The molecule has 1 fully saturated rings. The first-order valence-corrected chi connectivity index (χ1v) is 7.52. The Morgan fingerprint density at radius 1 is 1.40 bits per heavy atom. The van der Waals surface area contributed by atoms with Crippen molar-refractivity contribution in [3.8, 4) is 0 Å². The maximum absolute atomic E-state index is 5.68. The Balaban J connectivity index is 2.04. The van der Waals surface area contributed by atoms with Crippen molar-refractivity contribution in [2.45, 2.75) is 51.6 Å². The number of aromatic nitrogens is 1. The number of nitrogens with one attached hydrogen (secondary N) is 1. The van der Waals surface area contributed by atoms with Crippen LogP contribution >= 0.6 is 0 Å². The first kappa shape index (κ1) is 14.8. The summed E-state index contributed by atoms with van der Waals surface area (Å²) < 4.78 is 0. The highest BCUT2D eigenvalue weighted by Gasteiger charge is 2.16. The van der Waals surface area contributed by atoms with Crippen molar-refractivity contribution in [1.29, 1.82) is 0 Å². The highest BCUT2D eigenvalue weighted by Crippen LogP contribution is 2.20. The average Bonchev–Trinajstić information content (AvgIpc) is 2.52. The molecule has 0 saturated heterocycles. The van der Waals surface area contributed by atoms with Gasteiger partial charge in [-0.15, -0.1) is 0 Å². The summed E-state index contributed by atoms with van der Waals surface area (Å²) in [5.41, 5.74) is 3.80. The van der Waals surface area contributed by atoms with Crippen LogP contribution in [0.2, 0.25) is 0 Å². The minimum Gasteiger partial charge on any atom is -0.336 e. The van der Waals surface area contributed by atoms with Gasteiger partial charge >= 0.3 is 0 Å². The number of rotatable bonds is 4. The van der Waals surface area contributed by atoms with Crippen LogP contribution in [0.25, 0.3) is 0 Å². The van der Waals surface area contributed by atoms with Crippen LogP contribution in [0.5, 0.6) is 0 Å². The number of hydrazine groups is 1. The fraction of sp³-hybridized carbons (Fsp3) is 0.600. The predicted octanol–water partition coefficient (Wildman–Crippen LogP) is 2.06. The second kappa shape index (κ2) is 7.85. The smallest absolute Gasteiger partial charge is 0.209 e. The van der Waals surface area contributed by atoms with Gasteiger partial charge in [0, 0.05) is 12.7 Å². The number of guanidine groups is 1. The molecule has 0 radical (unpaired) electrons. The zero-order chi connectivity index (χ0) is 14.2. The lowest BCUT2D eigenvalue weighted by molar-refractivity contribution is 0.393. The second-order valence-electron chi connectivity index (χ2n) is 5.22. The lowest BCUT2D eigenvalue weighted by Gasteiger charge is -2.26. The molecule has 0 unspecified atom stereocenters. The Bertz CT molecular complexity index is 412. The van der Waals surface area contributed by atoms with Gasteiger partial charge in [-0.05, 0) is 31.9 Å². The molecule has 0 aromatic carbocycles. The Kier molecular flexibility index (Phi) is 5.80. The van der Waals surface area contributed by atoms with Crippen molar-refractivity contribution in [2.24, 2.45) is 10.8 Å². The van der Waals surface area contributed by atoms with Crippen LogP contribution < -0.4 is 11.3 Å². The number of aliphatic imine (C=N–C) groups is 1. The SMILES string of the molecule is CCN(Cc1ccccn1)C(=NC1CCCCC1)NN. The number of pyridine rings is 1. The van der Waals surface area contributed by atoms with E-state index in [1.165, 1.54) is 32.1 Å². The second-order valence-corrected chi connectivity index (χ2v) is 5.22. The summed E-state index contributed by atoms with van der Waals surface area (Å²) in [7, 11) is 0. The molecule has 1 aliphatic carbocycles. The van der Waals surface area contributed by atoms with Crippen molar-refractivity contribution in [3.63, 3.8) is 0 Å². The summed E-state index contributed by atoms with van der Waals surface area (Å²) in [4.78, 5) is 11.3. The normalized spacial score (nSPS) is 17.0. The molecule has 20 heavy (non-hydrogen) atoms. The van der Waals surface area contributed by atoms with Gasteiger partial charge < -0.3 is 4.90 Å². The fourth-order valence-corrected chi connectivity index (χ4v) is 2.62. The van der Waals surface area contributed by atoms with E-state index in [2.05, 4.69) is 22.2 Å². The van der Waals surface area contributed by atoms with Gasteiger partial charge in [0.1, 0.15) is 0 Å². The van der Waals surface area contributed by atoms with E-state index in [1.54, 1.807) is 0 Å². The first-order chi connectivity index (χ1) is 9.83. The van der Waals surface area contributed by atoms with Gasteiger partial charge in [0.2, 0.25) is 5.96 Å². The van der Waals surface area contributed by atoms with E-state index in [-0.39, 0.29) is 0 Å². The lowest BCUT2D eigenvalue weighted by atomic mass is 9.96. The summed E-state index contributed by atoms with van der Waals surface area (Å²) in [6, 6.07) is 6.37. The summed E-state index contributed by atoms with van der Waals surface area (Å²) in [6.45, 7) is 3.69. The molecule has 0 amide bonds. The molecule has 1 saturated carbocycles. The Morgan fingerprint density at radius 3 is 2.80 bits per heavy atom. The van der Waals surface area contributed by atoms with E-state index < -0.39 is 0 Å². The molecule has 3 N–H and O–H groups in total. The van der Waals surface area contributed by atoms with Crippen LogP contribution in [0.1, 0.15) is 44.7 Å². The molecule has 1 heterocycles. The highest BCUT2D eigenvalue weighted by atomic mass is 15.4. The van der Waals surface area contributed by atoms with Crippen molar-refractivity contribution in [3.05, 3.63) is 30.1 Å². The van der Waals surface area contributed by atoms with Gasteiger partial charge in [0.25, 0.3) is 0 Å². The molecule has 0 atom stereocenters. The quantitative estimate of drug-likeness (QED) is 0.382. The third-order valence-electron chi connectivity index (χ3n) is 3.77. The number of nitrogens with zero attached hydrogens (tertiary/aromatic N) is 3. The molecule has 2 rings (SSSR count). The fourth-order valence-electron chi connectivity index (χ4n) is 2.62. The standard InChI is InChI=1S/C15H25N5/c1-2-20(12-14-10-6-7-11-17-14)15(19-16)18-13-8-4-3-5-9-13/h6-7,10-11,13H,2-5,8-9,12,16H2,1H3,(H,18,19). The van der Waals surface area contributed by atoms with Crippen LogP contribution in [0.15, 0.2) is 29.4 Å². The van der Waals surface area contributed by atoms with E-state index in [9.17, 15) is 0 Å². The molecule has 0 bridgehead atoms. The van der Waals surface area contributed by atoms with Crippen LogP contribution in [-0.4, -0.2) is 28.4 Å². The third kappa shape index (κ3) is 4.20. The molecular formula is C15H25N5. The molecule has 5 nitrogen and oxygen atoms in total. The molecule has 5 heteroatoms. The predicted molar refractivity (Wildman–Crippen MR) is 82.0 cm³/mol. The van der Waals surface area contributed by atoms with E-state index in [1.807, 2.05) is 24.4 Å². The molecule has 0 spiro atoms. The minimum atomic E-state index is 0.410. The maximum Gasteiger partial charge on any atom is 0.209 e. The summed E-state index contributed by atoms with van der Waals surface area (Å²) in [5.74, 6) is 6.46. The van der Waals surface area contributed by atoms with E-state index in [0.29, 0.717) is 6.04 Å².